The number of rotatable bonds is 6. The van der Waals surface area contributed by atoms with Crippen molar-refractivity contribution in [2.75, 3.05) is 5.73 Å². The molecule has 5 aromatic rings. The average Bonchev–Trinajstić information content (AvgIpc) is 3.40. The van der Waals surface area contributed by atoms with Crippen LogP contribution >= 0.6 is 0 Å². The van der Waals surface area contributed by atoms with Gasteiger partial charge < -0.3 is 15.0 Å². The number of hydrogen-bond donors (Lipinski definition) is 1. The second kappa shape index (κ2) is 8.22. The fraction of sp³-hybridized carbons (Fsp3) is 0.0952. The zero-order valence-corrected chi connectivity index (χ0v) is 16.8. The normalized spacial score (nSPS) is 11.4. The van der Waals surface area contributed by atoms with Gasteiger partial charge >= 0.3 is 6.61 Å². The number of benzene rings is 1. The Balaban J connectivity index is 1.58. The second-order valence-corrected chi connectivity index (χ2v) is 6.97. The lowest BCUT2D eigenvalue weighted by molar-refractivity contribution is -0.0524. The largest absolute Gasteiger partial charge is 0.416 e. The van der Waals surface area contributed by atoms with Crippen LogP contribution in [-0.2, 0) is 6.54 Å². The van der Waals surface area contributed by atoms with Crippen molar-refractivity contribution in [2.45, 2.75) is 13.2 Å². The fourth-order valence-electron chi connectivity index (χ4n) is 3.55. The molecule has 0 aliphatic heterocycles. The lowest BCUT2D eigenvalue weighted by Crippen LogP contribution is -2.04. The predicted octanol–water partition coefficient (Wildman–Crippen LogP) is 3.45. The number of anilines is 1. The highest BCUT2D eigenvalue weighted by molar-refractivity contribution is 6.01. The van der Waals surface area contributed by atoms with Gasteiger partial charge in [-0.25, -0.2) is 24.0 Å². The number of fused-ring (bicyclic) bond motifs is 1. The summed E-state index contributed by atoms with van der Waals surface area (Å²) < 4.78 is 47.5. The summed E-state index contributed by atoms with van der Waals surface area (Å²) in [5.41, 5.74) is 8.08. The summed E-state index contributed by atoms with van der Waals surface area (Å²) in [5.74, 6) is -0.526. The Morgan fingerprint density at radius 2 is 1.85 bits per heavy atom. The molecule has 4 heterocycles. The van der Waals surface area contributed by atoms with Crippen molar-refractivity contribution in [2.24, 2.45) is 0 Å². The van der Waals surface area contributed by atoms with Gasteiger partial charge in [0, 0.05) is 23.5 Å². The second-order valence-electron chi connectivity index (χ2n) is 6.97. The number of pyridine rings is 1. The average molecular weight is 452 g/mol. The van der Waals surface area contributed by atoms with E-state index in [1.54, 1.807) is 47.3 Å². The van der Waals surface area contributed by atoms with Crippen LogP contribution in [0.5, 0.6) is 5.88 Å². The first-order valence-electron chi connectivity index (χ1n) is 9.67. The third-order valence-electron chi connectivity index (χ3n) is 4.92. The molecule has 0 atom stereocenters. The predicted molar refractivity (Wildman–Crippen MR) is 112 cm³/mol. The van der Waals surface area contributed by atoms with Crippen molar-refractivity contribution in [3.63, 3.8) is 0 Å². The van der Waals surface area contributed by atoms with E-state index in [1.807, 2.05) is 0 Å². The van der Waals surface area contributed by atoms with E-state index in [-0.39, 0.29) is 23.9 Å². The molecule has 33 heavy (non-hydrogen) atoms. The maximum atomic E-state index is 14.1. The quantitative estimate of drug-likeness (QED) is 0.420. The van der Waals surface area contributed by atoms with Gasteiger partial charge in [-0.15, -0.1) is 5.10 Å². The summed E-state index contributed by atoms with van der Waals surface area (Å²) in [6.45, 7) is -2.85. The van der Waals surface area contributed by atoms with Gasteiger partial charge in [0.15, 0.2) is 0 Å². The molecule has 2 N–H and O–H groups in total. The standard InChI is InChI=1S/C21H15F3N8O/c22-15-5-1-2-6-16(15)32-9-12(29-30-32)8-31-10-14(17-18(25)27-11-28-19(17)31)13-4-3-7-26-20(13)33-21(23)24/h1-7,9-11,21H,8H2,(H2,25,27,28). The third-order valence-corrected chi connectivity index (χ3v) is 4.92. The summed E-state index contributed by atoms with van der Waals surface area (Å²) in [6, 6.07) is 9.37. The minimum atomic E-state index is -3.05. The van der Waals surface area contributed by atoms with Crippen LogP contribution in [0.4, 0.5) is 19.0 Å². The maximum absolute atomic E-state index is 14.1. The number of nitrogen functional groups attached to an aromatic ring is 1. The molecule has 0 amide bonds. The molecule has 166 valence electrons. The minimum absolute atomic E-state index is 0.163. The lowest BCUT2D eigenvalue weighted by Gasteiger charge is -2.08. The molecular weight excluding hydrogens is 437 g/mol. The van der Waals surface area contributed by atoms with E-state index in [2.05, 4.69) is 30.0 Å². The van der Waals surface area contributed by atoms with E-state index in [9.17, 15) is 13.2 Å². The number of para-hydroxylation sites is 1. The molecule has 5 rings (SSSR count). The molecule has 0 bridgehead atoms. The molecule has 0 fully saturated rings. The van der Waals surface area contributed by atoms with E-state index in [4.69, 9.17) is 5.73 Å². The van der Waals surface area contributed by atoms with Gasteiger partial charge in [-0.3, -0.25) is 0 Å². The van der Waals surface area contributed by atoms with Gasteiger partial charge in [0.05, 0.1) is 18.1 Å². The third kappa shape index (κ3) is 3.82. The number of hydrogen-bond acceptors (Lipinski definition) is 7. The van der Waals surface area contributed by atoms with E-state index < -0.39 is 12.4 Å². The van der Waals surface area contributed by atoms with Gasteiger partial charge in [0.1, 0.15) is 35.0 Å². The van der Waals surface area contributed by atoms with E-state index in [0.717, 1.165) is 0 Å². The molecule has 9 nitrogen and oxygen atoms in total. The first-order valence-corrected chi connectivity index (χ1v) is 9.67. The molecule has 0 saturated carbocycles. The number of halogens is 3. The molecule has 0 aliphatic rings. The molecule has 0 aliphatic carbocycles. The van der Waals surface area contributed by atoms with Crippen LogP contribution in [0, 0.1) is 5.82 Å². The lowest BCUT2D eigenvalue weighted by atomic mass is 10.1. The molecule has 12 heteroatoms. The number of nitrogens with zero attached hydrogens (tertiary/aromatic N) is 7. The minimum Gasteiger partial charge on any atom is -0.416 e. The summed E-state index contributed by atoms with van der Waals surface area (Å²) in [4.78, 5) is 12.2. The van der Waals surface area contributed by atoms with E-state index in [0.29, 0.717) is 27.9 Å². The maximum Gasteiger partial charge on any atom is 0.388 e. The van der Waals surface area contributed by atoms with E-state index >= 15 is 0 Å². The van der Waals surface area contributed by atoms with Gasteiger partial charge in [-0.1, -0.05) is 17.3 Å². The summed E-state index contributed by atoms with van der Waals surface area (Å²) in [5, 5.41) is 8.56. The molecule has 0 saturated heterocycles. The Kier molecular flexibility index (Phi) is 5.09. The van der Waals surface area contributed by atoms with E-state index in [1.165, 1.54) is 23.3 Å². The highest BCUT2D eigenvalue weighted by atomic mass is 19.3. The fourth-order valence-corrected chi connectivity index (χ4v) is 3.55. The summed E-state index contributed by atoms with van der Waals surface area (Å²) in [6.07, 6.45) is 5.91. The monoisotopic (exact) mass is 452 g/mol. The zero-order chi connectivity index (χ0) is 22.9. The zero-order valence-electron chi connectivity index (χ0n) is 16.8. The van der Waals surface area contributed by atoms with Crippen molar-refractivity contribution in [3.05, 3.63) is 72.8 Å². The Hall–Kier alpha value is -4.48. The summed E-state index contributed by atoms with van der Waals surface area (Å²) >= 11 is 0. The smallest absolute Gasteiger partial charge is 0.388 e. The van der Waals surface area contributed by atoms with Crippen LogP contribution in [0.2, 0.25) is 0 Å². The molecule has 0 spiro atoms. The molecule has 4 aromatic heterocycles. The Labute approximate surface area is 184 Å². The highest BCUT2D eigenvalue weighted by Gasteiger charge is 2.21. The van der Waals surface area contributed by atoms with Gasteiger partial charge in [0.25, 0.3) is 0 Å². The van der Waals surface area contributed by atoms with Crippen molar-refractivity contribution in [1.29, 1.82) is 0 Å². The molecule has 1 aromatic carbocycles. The SMILES string of the molecule is Nc1ncnc2c1c(-c1cccnc1OC(F)F)cn2Cc1cn(-c2ccccc2F)nn1. The van der Waals surface area contributed by atoms with Crippen molar-refractivity contribution < 1.29 is 17.9 Å². The van der Waals surface area contributed by atoms with Gasteiger partial charge in [-0.2, -0.15) is 8.78 Å². The Morgan fingerprint density at radius 3 is 2.67 bits per heavy atom. The van der Waals surface area contributed by atoms with Crippen LogP contribution < -0.4 is 10.5 Å². The Morgan fingerprint density at radius 1 is 1.00 bits per heavy atom. The highest BCUT2D eigenvalue weighted by Crippen LogP contribution is 2.37. The van der Waals surface area contributed by atoms with Crippen molar-refractivity contribution in [1.82, 2.24) is 34.5 Å². The first-order chi connectivity index (χ1) is 16.0. The van der Waals surface area contributed by atoms with Gasteiger partial charge in [-0.05, 0) is 24.3 Å². The first kappa shape index (κ1) is 20.4. The van der Waals surface area contributed by atoms with Gasteiger partial charge in [0.2, 0.25) is 5.88 Å². The van der Waals surface area contributed by atoms with Crippen LogP contribution in [0.25, 0.3) is 27.8 Å². The van der Waals surface area contributed by atoms with Crippen molar-refractivity contribution in [3.8, 4) is 22.7 Å². The molecular formula is C21H15F3N8O. The number of nitrogens with two attached hydrogens (primary N) is 1. The Bertz CT molecular complexity index is 1450. The molecule has 0 radical (unpaired) electrons. The number of aromatic nitrogens is 7. The number of alkyl halides is 2. The number of ether oxygens (including phenoxy) is 1. The van der Waals surface area contributed by atoms with Crippen LogP contribution in [0.3, 0.4) is 0 Å². The van der Waals surface area contributed by atoms with Crippen LogP contribution in [0.15, 0.2) is 61.3 Å². The molecule has 0 unspecified atom stereocenters. The van der Waals surface area contributed by atoms with Crippen LogP contribution in [0.1, 0.15) is 5.69 Å². The topological polar surface area (TPSA) is 110 Å². The van der Waals surface area contributed by atoms with Crippen molar-refractivity contribution >= 4 is 16.9 Å². The van der Waals surface area contributed by atoms with Crippen LogP contribution in [-0.4, -0.2) is 41.1 Å². The summed E-state index contributed by atoms with van der Waals surface area (Å²) in [7, 11) is 0.